The molecule has 2 fully saturated rings. The van der Waals surface area contributed by atoms with Crippen molar-refractivity contribution in [1.82, 2.24) is 14.8 Å². The van der Waals surface area contributed by atoms with Crippen LogP contribution in [0.15, 0.2) is 35.3 Å². The molecule has 37 heavy (non-hydrogen) atoms. The molecule has 1 saturated carbocycles. The summed E-state index contributed by atoms with van der Waals surface area (Å²) in [5.74, 6) is -5.58. The highest BCUT2D eigenvalue weighted by molar-refractivity contribution is 6.00. The Bertz CT molecular complexity index is 1200. The molecule has 0 bridgehead atoms. The normalized spacial score (nSPS) is 19.1. The molecular weight excluding hydrogens is 495 g/mol. The van der Waals surface area contributed by atoms with Gasteiger partial charge in [-0.15, -0.1) is 0 Å². The van der Waals surface area contributed by atoms with Crippen LogP contribution in [-0.4, -0.2) is 58.8 Å². The van der Waals surface area contributed by atoms with Gasteiger partial charge in [-0.1, -0.05) is 18.2 Å². The number of nitrogens with one attached hydrogen (secondary N) is 2. The van der Waals surface area contributed by atoms with E-state index in [4.69, 9.17) is 0 Å². The summed E-state index contributed by atoms with van der Waals surface area (Å²) in [5, 5.41) is 3.21. The highest BCUT2D eigenvalue weighted by Crippen LogP contribution is 2.51. The van der Waals surface area contributed by atoms with Crippen molar-refractivity contribution in [2.24, 2.45) is 0 Å². The number of anilines is 1. The number of hydrogen-bond donors (Lipinski definition) is 2. The minimum absolute atomic E-state index is 0.0208. The average molecular weight is 527 g/mol. The van der Waals surface area contributed by atoms with Crippen molar-refractivity contribution in [3.63, 3.8) is 0 Å². The molecule has 1 amide bonds. The molecule has 0 spiro atoms. The van der Waals surface area contributed by atoms with Gasteiger partial charge in [0.05, 0.1) is 22.9 Å². The summed E-state index contributed by atoms with van der Waals surface area (Å²) in [5.41, 5.74) is -3.36. The number of aromatic amines is 1. The van der Waals surface area contributed by atoms with Gasteiger partial charge in [0.2, 0.25) is 5.56 Å². The number of alkyl halides is 4. The fourth-order valence-electron chi connectivity index (χ4n) is 5.08. The first kappa shape index (κ1) is 27.1. The monoisotopic (exact) mass is 526 g/mol. The van der Waals surface area contributed by atoms with Crippen LogP contribution < -0.4 is 10.9 Å². The van der Waals surface area contributed by atoms with E-state index >= 15 is 4.39 Å². The number of benzene rings is 1. The predicted molar refractivity (Wildman–Crippen MR) is 130 cm³/mol. The summed E-state index contributed by atoms with van der Waals surface area (Å²) >= 11 is 0. The lowest BCUT2D eigenvalue weighted by Gasteiger charge is -2.38. The SMILES string of the molecule is CC(c1cccc(C(C)(F)F)c1F)N(C(=O)c1c[nH]c(=O)cc1NC1CCN(C)CC1)C1(C(F)F)CC1. The lowest BCUT2D eigenvalue weighted by Crippen LogP contribution is -2.48. The van der Waals surface area contributed by atoms with Crippen LogP contribution in [0.5, 0.6) is 0 Å². The number of amides is 1. The Morgan fingerprint density at radius 1 is 1.24 bits per heavy atom. The molecule has 11 heteroatoms. The smallest absolute Gasteiger partial charge is 0.273 e. The van der Waals surface area contributed by atoms with Crippen molar-refractivity contribution < 1.29 is 26.7 Å². The molecule has 1 aromatic heterocycles. The van der Waals surface area contributed by atoms with Crippen molar-refractivity contribution in [2.75, 3.05) is 25.5 Å². The first-order valence-corrected chi connectivity index (χ1v) is 12.3. The first-order chi connectivity index (χ1) is 17.3. The third-order valence-electron chi connectivity index (χ3n) is 7.44. The minimum atomic E-state index is -3.50. The van der Waals surface area contributed by atoms with E-state index in [-0.39, 0.29) is 35.7 Å². The van der Waals surface area contributed by atoms with E-state index in [9.17, 15) is 27.2 Å². The topological polar surface area (TPSA) is 68.4 Å². The van der Waals surface area contributed by atoms with Gasteiger partial charge in [-0.05, 0) is 52.7 Å². The molecule has 2 aliphatic rings. The zero-order valence-electron chi connectivity index (χ0n) is 21.0. The van der Waals surface area contributed by atoms with Gasteiger partial charge in [-0.25, -0.2) is 22.0 Å². The van der Waals surface area contributed by atoms with Crippen molar-refractivity contribution in [2.45, 2.75) is 69.5 Å². The standard InChI is InChI=1S/C26H31F5N4O2/c1-15(17-5-4-6-19(22(17)27)25(2,30)31)35(26(9-10-26)24(28)29)23(37)18-14-32-21(36)13-20(18)33-16-7-11-34(3)12-8-16/h4-6,13-16,24H,7-12H2,1-3H3,(H2,32,33,36). The van der Waals surface area contributed by atoms with Crippen molar-refractivity contribution in [3.8, 4) is 0 Å². The second-order valence-electron chi connectivity index (χ2n) is 10.2. The van der Waals surface area contributed by atoms with Gasteiger partial charge in [0.15, 0.2) is 0 Å². The van der Waals surface area contributed by atoms with E-state index in [0.717, 1.165) is 43.1 Å². The van der Waals surface area contributed by atoms with Crippen LogP contribution in [0.3, 0.4) is 0 Å². The number of likely N-dealkylation sites (tertiary alicyclic amines) is 1. The number of carbonyl (C=O) groups is 1. The summed E-state index contributed by atoms with van der Waals surface area (Å²) in [6.07, 6.45) is -0.315. The highest BCUT2D eigenvalue weighted by atomic mass is 19.3. The van der Waals surface area contributed by atoms with Crippen LogP contribution in [-0.2, 0) is 5.92 Å². The highest BCUT2D eigenvalue weighted by Gasteiger charge is 2.59. The first-order valence-electron chi connectivity index (χ1n) is 12.3. The van der Waals surface area contributed by atoms with Crippen LogP contribution >= 0.6 is 0 Å². The van der Waals surface area contributed by atoms with E-state index in [0.29, 0.717) is 6.92 Å². The number of halogens is 5. The van der Waals surface area contributed by atoms with Crippen molar-refractivity contribution in [1.29, 1.82) is 0 Å². The zero-order chi connectivity index (χ0) is 27.1. The van der Waals surface area contributed by atoms with Gasteiger partial charge in [0, 0.05) is 30.8 Å². The fourth-order valence-corrected chi connectivity index (χ4v) is 5.08. The summed E-state index contributed by atoms with van der Waals surface area (Å²) in [4.78, 5) is 31.5. The van der Waals surface area contributed by atoms with E-state index in [1.807, 2.05) is 7.05 Å². The number of rotatable bonds is 8. The molecule has 4 rings (SSSR count). The van der Waals surface area contributed by atoms with E-state index < -0.39 is 46.8 Å². The summed E-state index contributed by atoms with van der Waals surface area (Å²) in [6.45, 7) is 3.51. The van der Waals surface area contributed by atoms with Crippen molar-refractivity contribution >= 4 is 11.6 Å². The lowest BCUT2D eigenvalue weighted by molar-refractivity contribution is -0.00598. The minimum Gasteiger partial charge on any atom is -0.381 e. The maximum absolute atomic E-state index is 15.3. The fraction of sp³-hybridized carbons (Fsp3) is 0.538. The van der Waals surface area contributed by atoms with Gasteiger partial charge in [0.25, 0.3) is 18.3 Å². The Morgan fingerprint density at radius 3 is 2.46 bits per heavy atom. The quantitative estimate of drug-likeness (QED) is 0.468. The molecule has 1 saturated heterocycles. The van der Waals surface area contributed by atoms with E-state index in [1.165, 1.54) is 25.1 Å². The molecule has 6 nitrogen and oxygen atoms in total. The van der Waals surface area contributed by atoms with E-state index in [2.05, 4.69) is 15.2 Å². The Kier molecular flexibility index (Phi) is 7.38. The molecular formula is C26H31F5N4O2. The molecule has 1 unspecified atom stereocenters. The van der Waals surface area contributed by atoms with Crippen LogP contribution in [0.1, 0.15) is 67.1 Å². The van der Waals surface area contributed by atoms with Crippen LogP contribution in [0.4, 0.5) is 27.6 Å². The number of H-pyrrole nitrogens is 1. The molecule has 1 aliphatic heterocycles. The predicted octanol–water partition coefficient (Wildman–Crippen LogP) is 5.13. The van der Waals surface area contributed by atoms with Gasteiger partial charge in [0.1, 0.15) is 11.4 Å². The number of aromatic nitrogens is 1. The Morgan fingerprint density at radius 2 is 1.89 bits per heavy atom. The number of nitrogens with zero attached hydrogens (tertiary/aromatic N) is 2. The maximum Gasteiger partial charge on any atom is 0.273 e. The molecule has 1 atom stereocenters. The third kappa shape index (κ3) is 5.37. The van der Waals surface area contributed by atoms with Crippen LogP contribution in [0.2, 0.25) is 0 Å². The third-order valence-corrected chi connectivity index (χ3v) is 7.44. The average Bonchev–Trinajstić information content (AvgIpc) is 3.62. The van der Waals surface area contributed by atoms with Crippen LogP contribution in [0.25, 0.3) is 0 Å². The van der Waals surface area contributed by atoms with Gasteiger partial charge in [-0.3, -0.25) is 9.59 Å². The molecule has 1 aliphatic carbocycles. The molecule has 1 aromatic carbocycles. The Balaban J connectivity index is 1.75. The lowest BCUT2D eigenvalue weighted by atomic mass is 9.97. The number of carbonyl (C=O) groups excluding carboxylic acids is 1. The van der Waals surface area contributed by atoms with Gasteiger partial charge >= 0.3 is 0 Å². The molecule has 2 heterocycles. The summed E-state index contributed by atoms with van der Waals surface area (Å²) < 4.78 is 71.9. The van der Waals surface area contributed by atoms with E-state index in [1.54, 1.807) is 0 Å². The maximum atomic E-state index is 15.3. The Labute approximate surface area is 211 Å². The second kappa shape index (κ2) is 10.1. The largest absolute Gasteiger partial charge is 0.381 e. The van der Waals surface area contributed by atoms with Crippen LogP contribution in [0, 0.1) is 5.82 Å². The molecule has 202 valence electrons. The second-order valence-corrected chi connectivity index (χ2v) is 10.2. The summed E-state index contributed by atoms with van der Waals surface area (Å²) in [6, 6.07) is 3.26. The molecule has 2 aromatic rings. The van der Waals surface area contributed by atoms with Gasteiger partial charge in [-0.2, -0.15) is 0 Å². The van der Waals surface area contributed by atoms with Crippen molar-refractivity contribution in [3.05, 3.63) is 63.3 Å². The summed E-state index contributed by atoms with van der Waals surface area (Å²) in [7, 11) is 1.99. The number of pyridine rings is 1. The zero-order valence-corrected chi connectivity index (χ0v) is 21.0. The molecule has 2 N–H and O–H groups in total. The Hall–Kier alpha value is -2.95. The number of piperidine rings is 1. The van der Waals surface area contributed by atoms with Gasteiger partial charge < -0.3 is 20.1 Å². The number of hydrogen-bond acceptors (Lipinski definition) is 4. The molecule has 0 radical (unpaired) electrons.